The van der Waals surface area contributed by atoms with Gasteiger partial charge in [0.25, 0.3) is 0 Å². The van der Waals surface area contributed by atoms with Crippen molar-refractivity contribution in [2.75, 3.05) is 6.61 Å². The van der Waals surface area contributed by atoms with Crippen LogP contribution in [0.4, 0.5) is 0 Å². The smallest absolute Gasteiger partial charge is 0.342 e. The van der Waals surface area contributed by atoms with Gasteiger partial charge >= 0.3 is 5.97 Å². The lowest BCUT2D eigenvalue weighted by Crippen LogP contribution is -2.08. The van der Waals surface area contributed by atoms with Crippen LogP contribution in [-0.4, -0.2) is 17.6 Å². The molecule has 0 radical (unpaired) electrons. The van der Waals surface area contributed by atoms with Crippen LogP contribution in [0.25, 0.3) is 0 Å². The van der Waals surface area contributed by atoms with E-state index < -0.39 is 5.97 Å². The minimum Gasteiger partial charge on any atom is -0.462 e. The first-order valence-electron chi connectivity index (χ1n) is 6.60. The van der Waals surface area contributed by atoms with Crippen molar-refractivity contribution in [3.8, 4) is 0 Å². The molecule has 5 heteroatoms. The first-order chi connectivity index (χ1) is 10.0. The third kappa shape index (κ3) is 3.99. The largest absolute Gasteiger partial charge is 0.462 e. The Hall–Kier alpha value is -1.52. The number of hydrogen-bond donors (Lipinski definition) is 0. The van der Waals surface area contributed by atoms with Gasteiger partial charge in [-0.25, -0.2) is 9.78 Å². The van der Waals surface area contributed by atoms with E-state index in [4.69, 9.17) is 16.3 Å². The fourth-order valence-corrected chi connectivity index (χ4v) is 3.21. The van der Waals surface area contributed by atoms with Crippen molar-refractivity contribution in [1.82, 2.24) is 4.98 Å². The fourth-order valence-electron chi connectivity index (χ4n) is 1.81. The quantitative estimate of drug-likeness (QED) is 0.605. The average Bonchev–Trinajstić information content (AvgIpc) is 2.41. The molecule has 1 aromatic carbocycles. The highest BCUT2D eigenvalue weighted by Crippen LogP contribution is 2.34. The molecule has 0 aliphatic carbocycles. The van der Waals surface area contributed by atoms with Gasteiger partial charge in [0.05, 0.1) is 6.61 Å². The molecule has 0 aliphatic rings. The SMILES string of the molecule is CCOC(=O)c1c(Sc2ccc(C)cc2)cc(C)nc1Cl. The lowest BCUT2D eigenvalue weighted by atomic mass is 10.2. The summed E-state index contributed by atoms with van der Waals surface area (Å²) in [6, 6.07) is 9.93. The predicted molar refractivity (Wildman–Crippen MR) is 85.2 cm³/mol. The van der Waals surface area contributed by atoms with Gasteiger partial charge in [-0.05, 0) is 39.0 Å². The van der Waals surface area contributed by atoms with Crippen LogP contribution >= 0.6 is 23.4 Å². The maximum Gasteiger partial charge on any atom is 0.342 e. The molecule has 0 N–H and O–H groups in total. The second-order valence-electron chi connectivity index (χ2n) is 4.56. The molecule has 0 unspecified atom stereocenters. The van der Waals surface area contributed by atoms with Crippen LogP contribution in [0.15, 0.2) is 40.1 Å². The van der Waals surface area contributed by atoms with Crippen molar-refractivity contribution in [2.24, 2.45) is 0 Å². The zero-order chi connectivity index (χ0) is 15.4. The van der Waals surface area contributed by atoms with Gasteiger partial charge in [-0.2, -0.15) is 0 Å². The van der Waals surface area contributed by atoms with E-state index in [-0.39, 0.29) is 5.15 Å². The number of halogens is 1. The summed E-state index contributed by atoms with van der Waals surface area (Å²) in [5.41, 5.74) is 2.28. The number of rotatable bonds is 4. The highest BCUT2D eigenvalue weighted by Gasteiger charge is 2.19. The summed E-state index contributed by atoms with van der Waals surface area (Å²) in [5, 5.41) is 0.183. The van der Waals surface area contributed by atoms with E-state index in [9.17, 15) is 4.79 Å². The van der Waals surface area contributed by atoms with Gasteiger partial charge in [0.2, 0.25) is 0 Å². The third-order valence-electron chi connectivity index (χ3n) is 2.80. The summed E-state index contributed by atoms with van der Waals surface area (Å²) in [4.78, 5) is 18.0. The molecular formula is C16H16ClNO2S. The van der Waals surface area contributed by atoms with Crippen molar-refractivity contribution in [1.29, 1.82) is 0 Å². The van der Waals surface area contributed by atoms with E-state index in [1.54, 1.807) is 6.92 Å². The summed E-state index contributed by atoms with van der Waals surface area (Å²) in [6.45, 7) is 5.95. The highest BCUT2D eigenvalue weighted by molar-refractivity contribution is 7.99. The maximum atomic E-state index is 12.1. The molecular weight excluding hydrogens is 306 g/mol. The molecule has 0 bridgehead atoms. The van der Waals surface area contributed by atoms with Gasteiger partial charge < -0.3 is 4.74 Å². The molecule has 0 saturated heterocycles. The maximum absolute atomic E-state index is 12.1. The van der Waals surface area contributed by atoms with Crippen molar-refractivity contribution >= 4 is 29.3 Å². The number of esters is 1. The topological polar surface area (TPSA) is 39.2 Å². The Bertz CT molecular complexity index is 656. The summed E-state index contributed by atoms with van der Waals surface area (Å²) in [5.74, 6) is -0.440. The molecule has 0 aliphatic heterocycles. The first-order valence-corrected chi connectivity index (χ1v) is 7.79. The summed E-state index contributed by atoms with van der Waals surface area (Å²) in [7, 11) is 0. The predicted octanol–water partition coefficient (Wildman–Crippen LogP) is 4.68. The zero-order valence-corrected chi connectivity index (χ0v) is 13.7. The Morgan fingerprint density at radius 1 is 1.29 bits per heavy atom. The Balaban J connectivity index is 2.41. The number of pyridine rings is 1. The molecule has 0 amide bonds. The Labute approximate surface area is 133 Å². The van der Waals surface area contributed by atoms with Crippen molar-refractivity contribution in [3.05, 3.63) is 52.3 Å². The van der Waals surface area contributed by atoms with Crippen molar-refractivity contribution < 1.29 is 9.53 Å². The molecule has 21 heavy (non-hydrogen) atoms. The molecule has 2 rings (SSSR count). The van der Waals surface area contributed by atoms with Crippen molar-refractivity contribution in [2.45, 2.75) is 30.6 Å². The highest BCUT2D eigenvalue weighted by atomic mass is 35.5. The van der Waals surface area contributed by atoms with E-state index in [0.717, 1.165) is 15.5 Å². The number of hydrogen-bond acceptors (Lipinski definition) is 4. The molecule has 0 atom stereocenters. The molecule has 1 heterocycles. The lowest BCUT2D eigenvalue weighted by Gasteiger charge is -2.11. The number of ether oxygens (including phenoxy) is 1. The van der Waals surface area contributed by atoms with Crippen LogP contribution < -0.4 is 0 Å². The number of aryl methyl sites for hydroxylation is 2. The number of carbonyl (C=O) groups is 1. The summed E-state index contributed by atoms with van der Waals surface area (Å²) < 4.78 is 5.07. The average molecular weight is 322 g/mol. The molecule has 1 aromatic heterocycles. The Kier molecular flexibility index (Phi) is 5.26. The van der Waals surface area contributed by atoms with E-state index >= 15 is 0 Å². The molecule has 0 fully saturated rings. The van der Waals surface area contributed by atoms with Gasteiger partial charge in [0.15, 0.2) is 0 Å². The third-order valence-corrected chi connectivity index (χ3v) is 4.12. The lowest BCUT2D eigenvalue weighted by molar-refractivity contribution is 0.0522. The van der Waals surface area contributed by atoms with Crippen LogP contribution in [-0.2, 0) is 4.74 Å². The monoisotopic (exact) mass is 321 g/mol. The molecule has 110 valence electrons. The normalized spacial score (nSPS) is 10.5. The molecule has 2 aromatic rings. The molecule has 0 saturated carbocycles. The van der Waals surface area contributed by atoms with E-state index in [1.165, 1.54) is 17.3 Å². The van der Waals surface area contributed by atoms with Crippen LogP contribution in [0.5, 0.6) is 0 Å². The molecule has 0 spiro atoms. The van der Waals surface area contributed by atoms with E-state index in [2.05, 4.69) is 4.98 Å². The zero-order valence-electron chi connectivity index (χ0n) is 12.1. The second-order valence-corrected chi connectivity index (χ2v) is 6.04. The number of nitrogens with zero attached hydrogens (tertiary/aromatic N) is 1. The fraction of sp³-hybridized carbons (Fsp3) is 0.250. The van der Waals surface area contributed by atoms with Crippen LogP contribution in [0.3, 0.4) is 0 Å². The number of carbonyl (C=O) groups excluding carboxylic acids is 1. The van der Waals surface area contributed by atoms with Crippen LogP contribution in [0.1, 0.15) is 28.5 Å². The Morgan fingerprint density at radius 3 is 2.57 bits per heavy atom. The minimum atomic E-state index is -0.440. The van der Waals surface area contributed by atoms with Crippen molar-refractivity contribution in [3.63, 3.8) is 0 Å². The molecule has 3 nitrogen and oxygen atoms in total. The van der Waals surface area contributed by atoms with Gasteiger partial charge in [-0.3, -0.25) is 0 Å². The van der Waals surface area contributed by atoms with Gasteiger partial charge in [0.1, 0.15) is 10.7 Å². The van der Waals surface area contributed by atoms with E-state index in [1.807, 2.05) is 44.2 Å². The summed E-state index contributed by atoms with van der Waals surface area (Å²) >= 11 is 7.61. The first kappa shape index (κ1) is 15.9. The number of benzene rings is 1. The second kappa shape index (κ2) is 6.96. The van der Waals surface area contributed by atoms with Gasteiger partial charge in [0, 0.05) is 15.5 Å². The van der Waals surface area contributed by atoms with Crippen LogP contribution in [0, 0.1) is 13.8 Å². The van der Waals surface area contributed by atoms with Gasteiger partial charge in [-0.15, -0.1) is 0 Å². The standard InChI is InChI=1S/C16H16ClNO2S/c1-4-20-16(19)14-13(9-11(3)18-15(14)17)21-12-7-5-10(2)6-8-12/h5-9H,4H2,1-3H3. The van der Waals surface area contributed by atoms with Crippen LogP contribution in [0.2, 0.25) is 5.15 Å². The Morgan fingerprint density at radius 2 is 1.95 bits per heavy atom. The number of aromatic nitrogens is 1. The summed E-state index contributed by atoms with van der Waals surface area (Å²) in [6.07, 6.45) is 0. The minimum absolute atomic E-state index is 0.183. The van der Waals surface area contributed by atoms with Gasteiger partial charge in [-0.1, -0.05) is 41.1 Å². The van der Waals surface area contributed by atoms with E-state index in [0.29, 0.717) is 12.2 Å².